The maximum absolute atomic E-state index is 14.2. The number of nitrogens with one attached hydrogen (secondary N) is 1. The monoisotopic (exact) mass is 362 g/mol. The molecular weight excluding hydrogens is 347 g/mol. The molecule has 0 aliphatic carbocycles. The lowest BCUT2D eigenvalue weighted by Crippen LogP contribution is -2.42. The topological polar surface area (TPSA) is 49.4 Å². The third kappa shape index (κ3) is 2.30. The van der Waals surface area contributed by atoms with Crippen LogP contribution in [0, 0.1) is 5.82 Å². The number of benzene rings is 1. The molecule has 0 saturated carbocycles. The lowest BCUT2D eigenvalue weighted by molar-refractivity contribution is 0.332. The average molecular weight is 363 g/mol. The van der Waals surface area contributed by atoms with Gasteiger partial charge in [-0.1, -0.05) is 6.07 Å². The van der Waals surface area contributed by atoms with Crippen LogP contribution in [0.25, 0.3) is 0 Å². The van der Waals surface area contributed by atoms with E-state index in [1.807, 2.05) is 0 Å². The van der Waals surface area contributed by atoms with Crippen LogP contribution in [-0.4, -0.2) is 37.9 Å². The Labute approximate surface area is 126 Å². The van der Waals surface area contributed by atoms with Gasteiger partial charge in [0.25, 0.3) is 0 Å². The second-order valence-electron chi connectivity index (χ2n) is 5.26. The predicted molar refractivity (Wildman–Crippen MR) is 77.4 cm³/mol. The molecule has 1 aromatic carbocycles. The summed E-state index contributed by atoms with van der Waals surface area (Å²) in [5.74, 6) is -0.705. The van der Waals surface area contributed by atoms with Crippen molar-refractivity contribution in [2.24, 2.45) is 0 Å². The molecule has 0 amide bonds. The predicted octanol–water partition coefficient (Wildman–Crippen LogP) is 2.10. The first kappa shape index (κ1) is 14.4. The number of fused-ring (bicyclic) bond motifs is 2. The van der Waals surface area contributed by atoms with Crippen molar-refractivity contribution in [1.29, 1.82) is 0 Å². The quantitative estimate of drug-likeness (QED) is 0.876. The van der Waals surface area contributed by atoms with Crippen LogP contribution in [0.5, 0.6) is 0 Å². The van der Waals surface area contributed by atoms with Crippen LogP contribution in [0.4, 0.5) is 4.39 Å². The summed E-state index contributed by atoms with van der Waals surface area (Å²) >= 11 is 3.05. The van der Waals surface area contributed by atoms with E-state index in [4.69, 9.17) is 0 Å². The molecule has 2 aliphatic rings. The van der Waals surface area contributed by atoms with Gasteiger partial charge >= 0.3 is 0 Å². The minimum atomic E-state index is -3.79. The number of rotatable bonds is 2. The van der Waals surface area contributed by atoms with Gasteiger partial charge in [-0.05, 0) is 53.9 Å². The Balaban J connectivity index is 2.05. The van der Waals surface area contributed by atoms with Crippen LogP contribution >= 0.6 is 15.9 Å². The number of nitrogens with zero attached hydrogens (tertiary/aromatic N) is 1. The smallest absolute Gasteiger partial charge is 0.246 e. The summed E-state index contributed by atoms with van der Waals surface area (Å²) < 4.78 is 41.5. The van der Waals surface area contributed by atoms with Gasteiger partial charge in [0.15, 0.2) is 5.82 Å². The second kappa shape index (κ2) is 5.36. The van der Waals surface area contributed by atoms with Crippen LogP contribution in [0.15, 0.2) is 27.6 Å². The lowest BCUT2D eigenvalue weighted by atomic mass is 10.1. The number of sulfonamides is 1. The largest absolute Gasteiger partial charge is 0.315 e. The van der Waals surface area contributed by atoms with Gasteiger partial charge in [-0.2, -0.15) is 4.31 Å². The van der Waals surface area contributed by atoms with Gasteiger partial charge in [-0.25, -0.2) is 12.8 Å². The summed E-state index contributed by atoms with van der Waals surface area (Å²) in [6.07, 6.45) is 2.49. The molecule has 0 radical (unpaired) electrons. The fourth-order valence-corrected chi connectivity index (χ4v) is 5.61. The van der Waals surface area contributed by atoms with E-state index in [0.717, 1.165) is 25.8 Å². The van der Waals surface area contributed by atoms with Gasteiger partial charge in [-0.15, -0.1) is 0 Å². The first-order valence-electron chi connectivity index (χ1n) is 6.70. The Bertz CT molecular complexity index is 609. The molecule has 2 atom stereocenters. The molecule has 7 heteroatoms. The van der Waals surface area contributed by atoms with E-state index in [9.17, 15) is 12.8 Å². The minimum Gasteiger partial charge on any atom is -0.315 e. The molecule has 20 heavy (non-hydrogen) atoms. The molecule has 2 saturated heterocycles. The van der Waals surface area contributed by atoms with Crippen molar-refractivity contribution in [2.45, 2.75) is 36.2 Å². The highest BCUT2D eigenvalue weighted by atomic mass is 79.9. The van der Waals surface area contributed by atoms with Gasteiger partial charge < -0.3 is 5.32 Å². The molecule has 0 spiro atoms. The Morgan fingerprint density at radius 1 is 1.25 bits per heavy atom. The van der Waals surface area contributed by atoms with Gasteiger partial charge in [0, 0.05) is 18.6 Å². The molecule has 2 aliphatic heterocycles. The van der Waals surface area contributed by atoms with Crippen molar-refractivity contribution < 1.29 is 12.8 Å². The SMILES string of the molecule is O=S(=O)(c1cccc(Br)c1F)N1C2CCNCC1CC2. The van der Waals surface area contributed by atoms with Crippen LogP contribution in [0.1, 0.15) is 19.3 Å². The van der Waals surface area contributed by atoms with Gasteiger partial charge in [-0.3, -0.25) is 0 Å². The molecule has 4 nitrogen and oxygen atoms in total. The van der Waals surface area contributed by atoms with Crippen molar-refractivity contribution in [3.8, 4) is 0 Å². The van der Waals surface area contributed by atoms with Crippen molar-refractivity contribution in [3.63, 3.8) is 0 Å². The highest BCUT2D eigenvalue weighted by Gasteiger charge is 2.43. The van der Waals surface area contributed by atoms with Crippen molar-refractivity contribution in [2.75, 3.05) is 13.1 Å². The van der Waals surface area contributed by atoms with E-state index < -0.39 is 15.8 Å². The van der Waals surface area contributed by atoms with Crippen LogP contribution in [0.3, 0.4) is 0 Å². The zero-order valence-electron chi connectivity index (χ0n) is 10.9. The summed E-state index contributed by atoms with van der Waals surface area (Å²) in [7, 11) is -3.79. The molecule has 2 unspecified atom stereocenters. The molecule has 0 aromatic heterocycles. The molecule has 1 N–H and O–H groups in total. The summed E-state index contributed by atoms with van der Waals surface area (Å²) in [5.41, 5.74) is 0. The number of hydrogen-bond acceptors (Lipinski definition) is 3. The van der Waals surface area contributed by atoms with Crippen molar-refractivity contribution >= 4 is 26.0 Å². The molecule has 2 fully saturated rings. The van der Waals surface area contributed by atoms with Gasteiger partial charge in [0.05, 0.1) is 4.47 Å². The zero-order valence-corrected chi connectivity index (χ0v) is 13.3. The molecular formula is C13H16BrFN2O2S. The standard InChI is InChI=1S/C13H16BrFN2O2S/c14-11-2-1-3-12(13(11)15)20(18,19)17-9-4-5-10(17)8-16-7-6-9/h1-3,9-10,16H,4-8H2. The van der Waals surface area contributed by atoms with Crippen LogP contribution in [0.2, 0.25) is 0 Å². The van der Waals surface area contributed by atoms with Gasteiger partial charge in [0.1, 0.15) is 4.90 Å². The fraction of sp³-hybridized carbons (Fsp3) is 0.538. The summed E-state index contributed by atoms with van der Waals surface area (Å²) in [6, 6.07) is 4.32. The van der Waals surface area contributed by atoms with E-state index in [0.29, 0.717) is 6.54 Å². The third-order valence-electron chi connectivity index (χ3n) is 4.06. The molecule has 2 bridgehead atoms. The fourth-order valence-electron chi connectivity index (χ4n) is 3.13. The van der Waals surface area contributed by atoms with E-state index in [1.54, 1.807) is 6.07 Å². The number of hydrogen-bond donors (Lipinski definition) is 1. The van der Waals surface area contributed by atoms with Crippen molar-refractivity contribution in [3.05, 3.63) is 28.5 Å². The lowest BCUT2D eigenvalue weighted by Gasteiger charge is -2.27. The zero-order chi connectivity index (χ0) is 14.3. The Morgan fingerprint density at radius 2 is 2.00 bits per heavy atom. The normalized spacial score (nSPS) is 27.5. The Kier molecular flexibility index (Phi) is 3.87. The maximum Gasteiger partial charge on any atom is 0.246 e. The first-order chi connectivity index (χ1) is 9.51. The average Bonchev–Trinajstić information content (AvgIpc) is 2.66. The summed E-state index contributed by atoms with van der Waals surface area (Å²) in [6.45, 7) is 1.46. The molecule has 3 rings (SSSR count). The Morgan fingerprint density at radius 3 is 2.80 bits per heavy atom. The minimum absolute atomic E-state index is 0.0154. The maximum atomic E-state index is 14.2. The third-order valence-corrected chi connectivity index (χ3v) is 6.69. The molecule has 110 valence electrons. The van der Waals surface area contributed by atoms with Crippen LogP contribution in [-0.2, 0) is 10.0 Å². The first-order valence-corrected chi connectivity index (χ1v) is 8.93. The summed E-state index contributed by atoms with van der Waals surface area (Å²) in [5, 5.41) is 3.25. The molecule has 2 heterocycles. The highest BCUT2D eigenvalue weighted by molar-refractivity contribution is 9.10. The van der Waals surface area contributed by atoms with Crippen molar-refractivity contribution in [1.82, 2.24) is 9.62 Å². The van der Waals surface area contributed by atoms with E-state index >= 15 is 0 Å². The Hall–Kier alpha value is -0.500. The van der Waals surface area contributed by atoms with E-state index in [1.165, 1.54) is 16.4 Å². The molecule has 1 aromatic rings. The summed E-state index contributed by atoms with van der Waals surface area (Å²) in [4.78, 5) is -0.231. The van der Waals surface area contributed by atoms with Gasteiger partial charge in [0.2, 0.25) is 10.0 Å². The van der Waals surface area contributed by atoms with Crippen LogP contribution < -0.4 is 5.32 Å². The second-order valence-corrected chi connectivity index (χ2v) is 7.93. The van der Waals surface area contributed by atoms with E-state index in [2.05, 4.69) is 21.2 Å². The highest BCUT2D eigenvalue weighted by Crippen LogP contribution is 2.35. The van der Waals surface area contributed by atoms with E-state index in [-0.39, 0.29) is 21.5 Å². The number of halogens is 2.